The minimum Gasteiger partial charge on any atom is -0.391 e. The standard InChI is InChI=1S/C18H24N8OS/c1-2-3-26-7-14(23-24-26)10-28-9-13-6-25(8-15(13)27)5-12-4-20-17-16(12)21-11-22-18(17)19/h2,4,7,11,13,15,20,27H,1,3,5-6,8-10H2,(H2,19,21,22)/t13-,15+/m1/s1. The van der Waals surface area contributed by atoms with Crippen LogP contribution in [0.15, 0.2) is 31.4 Å². The van der Waals surface area contributed by atoms with Crippen LogP contribution < -0.4 is 5.73 Å². The van der Waals surface area contributed by atoms with E-state index in [0.717, 1.165) is 46.9 Å². The fraction of sp³-hybridized carbons (Fsp3) is 0.444. The number of anilines is 1. The average molecular weight is 401 g/mol. The Bertz CT molecular complexity index is 954. The minimum absolute atomic E-state index is 0.234. The molecule has 4 N–H and O–H groups in total. The van der Waals surface area contributed by atoms with E-state index in [4.69, 9.17) is 5.73 Å². The molecular weight excluding hydrogens is 376 g/mol. The van der Waals surface area contributed by atoms with Gasteiger partial charge in [0.2, 0.25) is 0 Å². The first kappa shape index (κ1) is 18.9. The van der Waals surface area contributed by atoms with Gasteiger partial charge in [0.15, 0.2) is 5.82 Å². The zero-order chi connectivity index (χ0) is 19.5. The van der Waals surface area contributed by atoms with Crippen molar-refractivity contribution in [3.8, 4) is 0 Å². The summed E-state index contributed by atoms with van der Waals surface area (Å²) in [5.74, 6) is 2.36. The molecule has 4 heterocycles. The Labute approximate surface area is 167 Å². The zero-order valence-electron chi connectivity index (χ0n) is 15.5. The second kappa shape index (κ2) is 8.29. The Morgan fingerprint density at radius 1 is 1.39 bits per heavy atom. The molecule has 10 heteroatoms. The highest BCUT2D eigenvalue weighted by Gasteiger charge is 2.31. The van der Waals surface area contributed by atoms with Gasteiger partial charge in [-0.2, -0.15) is 11.8 Å². The van der Waals surface area contributed by atoms with Crippen molar-refractivity contribution in [3.63, 3.8) is 0 Å². The van der Waals surface area contributed by atoms with Gasteiger partial charge in [-0.25, -0.2) is 14.6 Å². The van der Waals surface area contributed by atoms with E-state index >= 15 is 0 Å². The number of thioether (sulfide) groups is 1. The number of nitrogens with two attached hydrogens (primary N) is 1. The van der Waals surface area contributed by atoms with Crippen LogP contribution in [0.3, 0.4) is 0 Å². The average Bonchev–Trinajstić information content (AvgIpc) is 3.37. The van der Waals surface area contributed by atoms with Gasteiger partial charge in [-0.1, -0.05) is 11.3 Å². The minimum atomic E-state index is -0.325. The number of hydrogen-bond donors (Lipinski definition) is 3. The van der Waals surface area contributed by atoms with Crippen molar-refractivity contribution >= 4 is 28.6 Å². The van der Waals surface area contributed by atoms with Crippen molar-refractivity contribution in [1.29, 1.82) is 0 Å². The van der Waals surface area contributed by atoms with Crippen LogP contribution >= 0.6 is 11.8 Å². The molecule has 0 aromatic carbocycles. The van der Waals surface area contributed by atoms with E-state index in [2.05, 4.69) is 36.7 Å². The molecule has 0 amide bonds. The monoisotopic (exact) mass is 400 g/mol. The molecule has 0 spiro atoms. The Morgan fingerprint density at radius 2 is 2.29 bits per heavy atom. The normalized spacial score (nSPS) is 20.2. The topological polar surface area (TPSA) is 122 Å². The lowest BCUT2D eigenvalue weighted by atomic mass is 10.1. The predicted molar refractivity (Wildman–Crippen MR) is 109 cm³/mol. The number of nitrogens with zero attached hydrogens (tertiary/aromatic N) is 6. The predicted octanol–water partition coefficient (Wildman–Crippen LogP) is 1.04. The summed E-state index contributed by atoms with van der Waals surface area (Å²) in [6, 6.07) is 0. The molecule has 28 heavy (non-hydrogen) atoms. The number of allylic oxidation sites excluding steroid dienone is 1. The van der Waals surface area contributed by atoms with E-state index in [9.17, 15) is 5.11 Å². The first-order valence-electron chi connectivity index (χ1n) is 9.18. The van der Waals surface area contributed by atoms with Crippen LogP contribution in [0.1, 0.15) is 11.3 Å². The molecule has 3 aromatic rings. The highest BCUT2D eigenvalue weighted by Crippen LogP contribution is 2.26. The SMILES string of the molecule is C=CCn1cc(CSC[C@H]2CN(Cc3c[nH]c4c(N)ncnc34)C[C@@H]2O)nn1. The van der Waals surface area contributed by atoms with Crippen LogP contribution in [0.5, 0.6) is 0 Å². The van der Waals surface area contributed by atoms with Crippen molar-refractivity contribution in [2.45, 2.75) is 24.9 Å². The molecule has 0 saturated carbocycles. The number of rotatable bonds is 8. The lowest BCUT2D eigenvalue weighted by Gasteiger charge is -2.14. The number of nitrogens with one attached hydrogen (secondary N) is 1. The Hall–Kier alpha value is -2.43. The first-order valence-corrected chi connectivity index (χ1v) is 10.3. The molecule has 148 valence electrons. The maximum atomic E-state index is 10.5. The van der Waals surface area contributed by atoms with Crippen molar-refractivity contribution in [2.24, 2.45) is 5.92 Å². The van der Waals surface area contributed by atoms with Crippen molar-refractivity contribution in [1.82, 2.24) is 34.8 Å². The van der Waals surface area contributed by atoms with Gasteiger partial charge in [0.25, 0.3) is 0 Å². The summed E-state index contributed by atoms with van der Waals surface area (Å²) in [6.45, 7) is 6.61. The number of nitrogen functional groups attached to an aromatic ring is 1. The van der Waals surface area contributed by atoms with E-state index in [1.54, 1.807) is 22.5 Å². The van der Waals surface area contributed by atoms with Gasteiger partial charge in [-0.05, 0) is 0 Å². The van der Waals surface area contributed by atoms with Crippen molar-refractivity contribution in [3.05, 3.63) is 42.6 Å². The van der Waals surface area contributed by atoms with E-state index < -0.39 is 0 Å². The zero-order valence-corrected chi connectivity index (χ0v) is 16.3. The number of H-pyrrole nitrogens is 1. The maximum absolute atomic E-state index is 10.5. The summed E-state index contributed by atoms with van der Waals surface area (Å²) in [6.07, 6.45) is 6.82. The lowest BCUT2D eigenvalue weighted by Crippen LogP contribution is -2.21. The Morgan fingerprint density at radius 3 is 3.14 bits per heavy atom. The van der Waals surface area contributed by atoms with Crippen LogP contribution in [-0.4, -0.2) is 64.9 Å². The molecule has 0 aliphatic carbocycles. The Balaban J connectivity index is 1.30. The second-order valence-electron chi connectivity index (χ2n) is 7.05. The Kier molecular flexibility index (Phi) is 5.60. The quantitative estimate of drug-likeness (QED) is 0.480. The molecule has 1 fully saturated rings. The molecule has 4 rings (SSSR count). The largest absolute Gasteiger partial charge is 0.391 e. The molecule has 9 nitrogen and oxygen atoms in total. The number of fused-ring (bicyclic) bond motifs is 1. The molecule has 1 aliphatic rings. The smallest absolute Gasteiger partial charge is 0.151 e. The third kappa shape index (κ3) is 4.03. The molecule has 0 bridgehead atoms. The first-order chi connectivity index (χ1) is 13.6. The van der Waals surface area contributed by atoms with Crippen LogP contribution in [-0.2, 0) is 18.8 Å². The van der Waals surface area contributed by atoms with Crippen LogP contribution in [0.25, 0.3) is 11.0 Å². The molecule has 2 atom stereocenters. The number of β-amino-alcohol motifs (C(OH)–C–C–N with tert-alkyl or cyclic N) is 1. The van der Waals surface area contributed by atoms with Gasteiger partial charge < -0.3 is 15.8 Å². The van der Waals surface area contributed by atoms with Gasteiger partial charge in [-0.3, -0.25) is 4.90 Å². The number of likely N-dealkylation sites (tertiary alicyclic amines) is 1. The fourth-order valence-corrected chi connectivity index (χ4v) is 4.64. The van der Waals surface area contributed by atoms with E-state index in [1.807, 2.05) is 12.4 Å². The summed E-state index contributed by atoms with van der Waals surface area (Å²) in [5.41, 5.74) is 9.53. The van der Waals surface area contributed by atoms with E-state index in [1.165, 1.54) is 6.33 Å². The van der Waals surface area contributed by atoms with Crippen LogP contribution in [0.2, 0.25) is 0 Å². The van der Waals surface area contributed by atoms with E-state index in [0.29, 0.717) is 18.9 Å². The fourth-order valence-electron chi connectivity index (χ4n) is 3.55. The summed E-state index contributed by atoms with van der Waals surface area (Å²) in [7, 11) is 0. The van der Waals surface area contributed by atoms with Gasteiger partial charge >= 0.3 is 0 Å². The maximum Gasteiger partial charge on any atom is 0.151 e. The van der Waals surface area contributed by atoms with Gasteiger partial charge in [0.05, 0.1) is 23.9 Å². The number of aromatic nitrogens is 6. The van der Waals surface area contributed by atoms with Crippen molar-refractivity contribution in [2.75, 3.05) is 24.6 Å². The van der Waals surface area contributed by atoms with Crippen LogP contribution in [0.4, 0.5) is 5.82 Å². The van der Waals surface area contributed by atoms with Gasteiger partial charge in [-0.15, -0.1) is 11.7 Å². The summed E-state index contributed by atoms with van der Waals surface area (Å²) >= 11 is 1.78. The highest BCUT2D eigenvalue weighted by molar-refractivity contribution is 7.98. The summed E-state index contributed by atoms with van der Waals surface area (Å²) in [5, 5.41) is 18.7. The van der Waals surface area contributed by atoms with E-state index in [-0.39, 0.29) is 12.0 Å². The summed E-state index contributed by atoms with van der Waals surface area (Å²) < 4.78 is 1.77. The molecule has 0 unspecified atom stereocenters. The number of hydrogen-bond acceptors (Lipinski definition) is 8. The highest BCUT2D eigenvalue weighted by atomic mass is 32.2. The molecule has 1 saturated heterocycles. The lowest BCUT2D eigenvalue weighted by molar-refractivity contribution is 0.149. The third-order valence-corrected chi connectivity index (χ3v) is 6.10. The van der Waals surface area contributed by atoms with Crippen molar-refractivity contribution < 1.29 is 5.11 Å². The number of aliphatic hydroxyl groups is 1. The number of aliphatic hydroxyl groups excluding tert-OH is 1. The molecule has 0 radical (unpaired) electrons. The summed E-state index contributed by atoms with van der Waals surface area (Å²) in [4.78, 5) is 13.8. The molecule has 1 aliphatic heterocycles. The molecule has 3 aromatic heterocycles. The molecular formula is C18H24N8OS. The number of aromatic amines is 1. The second-order valence-corrected chi connectivity index (χ2v) is 8.08. The van der Waals surface area contributed by atoms with Crippen LogP contribution in [0, 0.1) is 5.92 Å². The third-order valence-electron chi connectivity index (χ3n) is 4.93. The van der Waals surface area contributed by atoms with Gasteiger partial charge in [0, 0.05) is 55.0 Å². The van der Waals surface area contributed by atoms with Gasteiger partial charge in [0.1, 0.15) is 11.8 Å².